The van der Waals surface area contributed by atoms with Gasteiger partial charge in [-0.25, -0.2) is 0 Å². The lowest BCUT2D eigenvalue weighted by atomic mass is 9.99. The Labute approximate surface area is 170 Å². The zero-order chi connectivity index (χ0) is 20.2. The summed E-state index contributed by atoms with van der Waals surface area (Å²) in [6.45, 7) is 7.82. The minimum atomic E-state index is -0.0497. The molecule has 0 spiro atoms. The van der Waals surface area contributed by atoms with Gasteiger partial charge in [0.1, 0.15) is 0 Å². The van der Waals surface area contributed by atoms with E-state index in [0.29, 0.717) is 5.56 Å². The molecule has 1 amide bonds. The number of rotatable bonds is 9. The van der Waals surface area contributed by atoms with Crippen LogP contribution in [0.2, 0.25) is 0 Å². The maximum atomic E-state index is 11.7. The fourth-order valence-electron chi connectivity index (χ4n) is 3.51. The highest BCUT2D eigenvalue weighted by atomic mass is 16.1. The Balaban J connectivity index is 1.59. The molecule has 1 aromatic rings. The second-order valence-corrected chi connectivity index (χ2v) is 7.69. The number of nitrogens with zero attached hydrogens (tertiary/aromatic N) is 2. The predicted molar refractivity (Wildman–Crippen MR) is 117 cm³/mol. The van der Waals surface area contributed by atoms with E-state index >= 15 is 0 Å². The van der Waals surface area contributed by atoms with Crippen molar-refractivity contribution in [3.8, 4) is 0 Å². The Hall–Kier alpha value is -2.08. The topological polar surface area (TPSA) is 68.8 Å². The summed E-state index contributed by atoms with van der Waals surface area (Å²) < 4.78 is 0. The number of carbonyl (C=O) groups excluding carboxylic acids is 1. The van der Waals surface area contributed by atoms with Crippen molar-refractivity contribution in [3.63, 3.8) is 0 Å². The van der Waals surface area contributed by atoms with E-state index in [2.05, 4.69) is 32.8 Å². The van der Waals surface area contributed by atoms with E-state index in [4.69, 9.17) is 0 Å². The monoisotopic (exact) mass is 387 g/mol. The van der Waals surface area contributed by atoms with Crippen LogP contribution >= 0.6 is 0 Å². The number of hydrogen-bond donors (Lipinski definition) is 3. The third-order valence-electron chi connectivity index (χ3n) is 5.42. The van der Waals surface area contributed by atoms with Crippen molar-refractivity contribution in [3.05, 3.63) is 35.4 Å². The molecule has 1 aromatic carbocycles. The van der Waals surface area contributed by atoms with Gasteiger partial charge in [-0.1, -0.05) is 19.1 Å². The predicted octanol–water partition coefficient (Wildman–Crippen LogP) is 2.27. The minimum Gasteiger partial charge on any atom is -0.356 e. The van der Waals surface area contributed by atoms with Crippen LogP contribution in [0.15, 0.2) is 29.3 Å². The van der Waals surface area contributed by atoms with Gasteiger partial charge in [0, 0.05) is 32.7 Å². The van der Waals surface area contributed by atoms with Crippen LogP contribution in [0, 0.1) is 5.92 Å². The number of benzene rings is 1. The molecule has 6 nitrogen and oxygen atoms in total. The maximum absolute atomic E-state index is 11.7. The van der Waals surface area contributed by atoms with Crippen LogP contribution in [0.5, 0.6) is 0 Å². The first-order chi connectivity index (χ1) is 13.6. The first kappa shape index (κ1) is 22.2. The van der Waals surface area contributed by atoms with Crippen LogP contribution in [0.1, 0.15) is 48.5 Å². The number of unbranched alkanes of at least 4 members (excludes halogenated alkanes) is 1. The lowest BCUT2D eigenvalue weighted by Crippen LogP contribution is -2.39. The largest absolute Gasteiger partial charge is 0.356 e. The molecule has 0 aliphatic carbocycles. The van der Waals surface area contributed by atoms with Crippen molar-refractivity contribution >= 4 is 11.9 Å². The van der Waals surface area contributed by atoms with Crippen molar-refractivity contribution in [1.29, 1.82) is 0 Å². The summed E-state index contributed by atoms with van der Waals surface area (Å²) in [6.07, 6.45) is 5.92. The van der Waals surface area contributed by atoms with E-state index in [-0.39, 0.29) is 5.91 Å². The zero-order valence-corrected chi connectivity index (χ0v) is 17.8. The fourth-order valence-corrected chi connectivity index (χ4v) is 3.51. The summed E-state index contributed by atoms with van der Waals surface area (Å²) in [5, 5.41) is 9.41. The molecule has 1 fully saturated rings. The second kappa shape index (κ2) is 12.4. The smallest absolute Gasteiger partial charge is 0.251 e. The van der Waals surface area contributed by atoms with E-state index in [1.165, 1.54) is 38.9 Å². The Morgan fingerprint density at radius 2 is 1.93 bits per heavy atom. The molecule has 0 aromatic heterocycles. The summed E-state index contributed by atoms with van der Waals surface area (Å²) in [4.78, 5) is 18.6. The number of nitrogens with one attached hydrogen (secondary N) is 3. The highest BCUT2D eigenvalue weighted by Gasteiger charge is 2.14. The van der Waals surface area contributed by atoms with Gasteiger partial charge in [-0.3, -0.25) is 9.79 Å². The molecule has 0 bridgehead atoms. The lowest BCUT2D eigenvalue weighted by molar-refractivity contribution is 0.0963. The van der Waals surface area contributed by atoms with Gasteiger partial charge in [-0.15, -0.1) is 0 Å². The van der Waals surface area contributed by atoms with Gasteiger partial charge in [-0.05, 0) is 75.4 Å². The van der Waals surface area contributed by atoms with Crippen LogP contribution in [0.3, 0.4) is 0 Å². The Bertz CT molecular complexity index is 623. The van der Waals surface area contributed by atoms with Gasteiger partial charge in [0.2, 0.25) is 0 Å². The van der Waals surface area contributed by atoms with E-state index in [9.17, 15) is 4.79 Å². The summed E-state index contributed by atoms with van der Waals surface area (Å²) >= 11 is 0. The van der Waals surface area contributed by atoms with Crippen molar-refractivity contribution in [2.45, 2.75) is 39.0 Å². The summed E-state index contributed by atoms with van der Waals surface area (Å²) in [5.41, 5.74) is 1.84. The first-order valence-corrected chi connectivity index (χ1v) is 10.6. The number of carbonyl (C=O) groups is 1. The van der Waals surface area contributed by atoms with Gasteiger partial charge in [0.25, 0.3) is 5.91 Å². The van der Waals surface area contributed by atoms with Crippen molar-refractivity contribution in [1.82, 2.24) is 20.9 Å². The number of likely N-dealkylation sites (tertiary alicyclic amines) is 1. The Morgan fingerprint density at radius 1 is 1.18 bits per heavy atom. The molecule has 1 heterocycles. The first-order valence-electron chi connectivity index (χ1n) is 10.6. The van der Waals surface area contributed by atoms with E-state index < -0.39 is 0 Å². The Kier molecular flexibility index (Phi) is 9.83. The summed E-state index contributed by atoms with van der Waals surface area (Å²) in [7, 11) is 3.45. The molecule has 28 heavy (non-hydrogen) atoms. The molecule has 156 valence electrons. The van der Waals surface area contributed by atoms with Gasteiger partial charge in [-0.2, -0.15) is 0 Å². The lowest BCUT2D eigenvalue weighted by Gasteiger charge is -2.30. The van der Waals surface area contributed by atoms with Crippen LogP contribution in [-0.4, -0.2) is 63.6 Å². The number of hydrogen-bond acceptors (Lipinski definition) is 3. The molecule has 0 radical (unpaired) electrons. The zero-order valence-electron chi connectivity index (χ0n) is 17.8. The maximum Gasteiger partial charge on any atom is 0.251 e. The molecule has 1 aliphatic rings. The second-order valence-electron chi connectivity index (χ2n) is 7.69. The van der Waals surface area contributed by atoms with Crippen molar-refractivity contribution in [2.24, 2.45) is 10.9 Å². The van der Waals surface area contributed by atoms with Gasteiger partial charge >= 0.3 is 0 Å². The highest BCUT2D eigenvalue weighted by molar-refractivity contribution is 5.94. The number of aliphatic imine (C=N–C) groups is 1. The van der Waals surface area contributed by atoms with Crippen LogP contribution in [0.25, 0.3) is 0 Å². The molecule has 0 atom stereocenters. The minimum absolute atomic E-state index is 0.0497. The summed E-state index contributed by atoms with van der Waals surface area (Å²) in [6, 6.07) is 7.75. The molecule has 0 saturated carbocycles. The van der Waals surface area contributed by atoms with Crippen LogP contribution in [0.4, 0.5) is 0 Å². The van der Waals surface area contributed by atoms with E-state index in [0.717, 1.165) is 43.4 Å². The standard InChI is InChI=1S/C22H37N5O/c1-18-10-15-27(16-11-18)14-5-4-12-25-22(24-3)26-13-9-19-7-6-8-20(17-19)21(28)23-2/h6-8,17-18H,4-5,9-16H2,1-3H3,(H,23,28)(H2,24,25,26). The molecule has 6 heteroatoms. The highest BCUT2D eigenvalue weighted by Crippen LogP contribution is 2.16. The fraction of sp³-hybridized carbons (Fsp3) is 0.636. The third kappa shape index (κ3) is 7.89. The van der Waals surface area contributed by atoms with Gasteiger partial charge < -0.3 is 20.9 Å². The molecule has 0 unspecified atom stereocenters. The molecular weight excluding hydrogens is 350 g/mol. The number of guanidine groups is 1. The van der Waals surface area contributed by atoms with Crippen LogP contribution in [-0.2, 0) is 6.42 Å². The average molecular weight is 388 g/mol. The molecular formula is C22H37N5O. The number of amides is 1. The van der Waals surface area contributed by atoms with Crippen molar-refractivity contribution < 1.29 is 4.79 Å². The number of piperidine rings is 1. The quantitative estimate of drug-likeness (QED) is 0.345. The van der Waals surface area contributed by atoms with Crippen LogP contribution < -0.4 is 16.0 Å². The van der Waals surface area contributed by atoms with Gasteiger partial charge in [0.15, 0.2) is 5.96 Å². The van der Waals surface area contributed by atoms with Gasteiger partial charge in [0.05, 0.1) is 0 Å². The third-order valence-corrected chi connectivity index (χ3v) is 5.42. The molecule has 1 saturated heterocycles. The normalized spacial score (nSPS) is 16.0. The van der Waals surface area contributed by atoms with E-state index in [1.807, 2.05) is 24.3 Å². The molecule has 2 rings (SSSR count). The molecule has 1 aliphatic heterocycles. The average Bonchev–Trinajstić information content (AvgIpc) is 2.73. The Morgan fingerprint density at radius 3 is 2.64 bits per heavy atom. The SMILES string of the molecule is CN=C(NCCCCN1CCC(C)CC1)NCCc1cccc(C(=O)NC)c1. The summed E-state index contributed by atoms with van der Waals surface area (Å²) in [5.74, 6) is 1.69. The molecule has 3 N–H and O–H groups in total. The van der Waals surface area contributed by atoms with Crippen molar-refractivity contribution in [2.75, 3.05) is 46.8 Å². The van der Waals surface area contributed by atoms with E-state index in [1.54, 1.807) is 14.1 Å².